The van der Waals surface area contributed by atoms with Crippen molar-refractivity contribution in [3.05, 3.63) is 0 Å². The molecule has 0 aromatic carbocycles. The van der Waals surface area contributed by atoms with Crippen molar-refractivity contribution in [3.8, 4) is 0 Å². The van der Waals surface area contributed by atoms with E-state index in [-0.39, 0.29) is 47.7 Å². The molecular formula is C14H22O8S6. The van der Waals surface area contributed by atoms with Gasteiger partial charge >= 0.3 is 23.9 Å². The maximum atomic E-state index is 11.8. The van der Waals surface area contributed by atoms with Crippen LogP contribution in [0.25, 0.3) is 0 Å². The summed E-state index contributed by atoms with van der Waals surface area (Å²) in [6, 6.07) is 0. The quantitative estimate of drug-likeness (QED) is 0.0838. The highest BCUT2D eigenvalue weighted by Gasteiger charge is 2.18. The van der Waals surface area contributed by atoms with Crippen LogP contribution in [0.2, 0.25) is 0 Å². The molecule has 2 atom stereocenters. The zero-order chi connectivity index (χ0) is 21.4. The molecule has 0 bridgehead atoms. The summed E-state index contributed by atoms with van der Waals surface area (Å²) in [6.45, 7) is -0.208. The molecule has 0 heterocycles. The summed E-state index contributed by atoms with van der Waals surface area (Å²) in [5, 5.41) is 0. The van der Waals surface area contributed by atoms with E-state index in [1.54, 1.807) is 0 Å². The molecule has 0 saturated carbocycles. The van der Waals surface area contributed by atoms with Crippen molar-refractivity contribution in [2.24, 2.45) is 0 Å². The minimum Gasteiger partial charge on any atom is -0.461 e. The van der Waals surface area contributed by atoms with Gasteiger partial charge in [-0.1, -0.05) is 21.6 Å². The molecule has 0 fully saturated rings. The Kier molecular flexibility index (Phi) is 17.8. The number of hydrogen-bond acceptors (Lipinski definition) is 14. The zero-order valence-corrected chi connectivity index (χ0v) is 19.9. The van der Waals surface area contributed by atoms with E-state index in [4.69, 9.17) is 18.9 Å². The molecule has 0 rings (SSSR count). The van der Waals surface area contributed by atoms with Crippen molar-refractivity contribution in [2.45, 2.75) is 12.2 Å². The van der Waals surface area contributed by atoms with Crippen molar-refractivity contribution in [2.75, 3.05) is 47.7 Å². The van der Waals surface area contributed by atoms with Crippen molar-refractivity contribution >= 4 is 96.0 Å². The molecule has 28 heavy (non-hydrogen) atoms. The van der Waals surface area contributed by atoms with E-state index in [0.717, 1.165) is 0 Å². The number of carbonyl (C=O) groups excluding carboxylic acids is 4. The highest BCUT2D eigenvalue weighted by atomic mass is 33.1. The van der Waals surface area contributed by atoms with E-state index >= 15 is 0 Å². The first-order chi connectivity index (χ1) is 13.4. The summed E-state index contributed by atoms with van der Waals surface area (Å²) >= 11 is 15.4. The Balaban J connectivity index is 4.22. The molecule has 0 N–H and O–H groups in total. The smallest absolute Gasteiger partial charge is 0.317 e. The first-order valence-electron chi connectivity index (χ1n) is 7.74. The maximum Gasteiger partial charge on any atom is 0.317 e. The average molecular weight is 511 g/mol. The molecule has 8 nitrogen and oxygen atoms in total. The molecule has 0 aliphatic carbocycles. The van der Waals surface area contributed by atoms with Gasteiger partial charge in [0.1, 0.15) is 31.2 Å². The van der Waals surface area contributed by atoms with Crippen LogP contribution in [-0.4, -0.2) is 83.8 Å². The minimum atomic E-state index is -0.678. The van der Waals surface area contributed by atoms with Crippen LogP contribution in [0.1, 0.15) is 0 Å². The molecule has 0 aliphatic rings. The second-order valence-electron chi connectivity index (χ2n) is 4.79. The van der Waals surface area contributed by atoms with Gasteiger partial charge in [-0.15, -0.1) is 0 Å². The van der Waals surface area contributed by atoms with Crippen molar-refractivity contribution in [1.29, 1.82) is 0 Å². The fourth-order valence-corrected chi connectivity index (χ4v) is 3.74. The molecule has 162 valence electrons. The number of esters is 4. The van der Waals surface area contributed by atoms with Gasteiger partial charge in [0.25, 0.3) is 0 Å². The van der Waals surface area contributed by atoms with Crippen molar-refractivity contribution in [3.63, 3.8) is 0 Å². The summed E-state index contributed by atoms with van der Waals surface area (Å²) in [6.07, 6.45) is -1.34. The maximum absolute atomic E-state index is 11.8. The van der Waals surface area contributed by atoms with Gasteiger partial charge in [-0.25, -0.2) is 0 Å². The summed E-state index contributed by atoms with van der Waals surface area (Å²) in [5.41, 5.74) is 0. The van der Waals surface area contributed by atoms with Crippen molar-refractivity contribution < 1.29 is 38.1 Å². The topological polar surface area (TPSA) is 105 Å². The normalized spacial score (nSPS) is 12.6. The molecule has 0 saturated heterocycles. The van der Waals surface area contributed by atoms with Gasteiger partial charge < -0.3 is 18.9 Å². The van der Waals surface area contributed by atoms with Crippen LogP contribution in [0, 0.1) is 0 Å². The Morgan fingerprint density at radius 1 is 0.679 bits per heavy atom. The Hall–Kier alpha value is -0.0200. The minimum absolute atomic E-state index is 0.0130. The second-order valence-corrected chi connectivity index (χ2v) is 8.61. The van der Waals surface area contributed by atoms with Crippen molar-refractivity contribution in [1.82, 2.24) is 0 Å². The Bertz CT molecular complexity index is 506. The second kappa shape index (κ2) is 17.8. The lowest BCUT2D eigenvalue weighted by Gasteiger charge is -2.17. The van der Waals surface area contributed by atoms with E-state index in [9.17, 15) is 19.2 Å². The van der Waals surface area contributed by atoms with Gasteiger partial charge in [0.05, 0.1) is 17.3 Å². The largest absolute Gasteiger partial charge is 0.461 e. The van der Waals surface area contributed by atoms with Crippen LogP contribution in [0.5, 0.6) is 0 Å². The zero-order valence-electron chi connectivity index (χ0n) is 14.7. The van der Waals surface area contributed by atoms with Gasteiger partial charge in [-0.3, -0.25) is 19.2 Å². The third-order valence-electron chi connectivity index (χ3n) is 2.56. The van der Waals surface area contributed by atoms with E-state index in [1.807, 2.05) is 0 Å². The van der Waals surface area contributed by atoms with Gasteiger partial charge in [0.15, 0.2) is 0 Å². The Labute approximate surface area is 193 Å². The van der Waals surface area contributed by atoms with Gasteiger partial charge in [-0.2, -0.15) is 50.5 Å². The molecule has 0 aromatic heterocycles. The van der Waals surface area contributed by atoms with Crippen LogP contribution < -0.4 is 0 Å². The fourth-order valence-electron chi connectivity index (χ4n) is 1.36. The van der Waals surface area contributed by atoms with Crippen LogP contribution in [0.3, 0.4) is 0 Å². The molecule has 0 spiro atoms. The third kappa shape index (κ3) is 14.9. The van der Waals surface area contributed by atoms with Crippen LogP contribution in [0.15, 0.2) is 0 Å². The lowest BCUT2D eigenvalue weighted by atomic mass is 10.4. The summed E-state index contributed by atoms with van der Waals surface area (Å²) in [5.74, 6) is -1.88. The molecule has 14 heteroatoms. The molecule has 0 amide bonds. The lowest BCUT2D eigenvalue weighted by molar-refractivity contribution is -0.154. The number of carbonyl (C=O) groups is 4. The SMILES string of the molecule is O=C(CS)OCC(CS)OC(=O)CSSCC(COC(=O)CS)OC(=O)CS. The first kappa shape index (κ1) is 28.0. The average Bonchev–Trinajstić information content (AvgIpc) is 2.70. The summed E-state index contributed by atoms with van der Waals surface area (Å²) in [7, 11) is 2.42. The van der Waals surface area contributed by atoms with Gasteiger partial charge in [-0.05, 0) is 0 Å². The molecule has 0 aliphatic heterocycles. The van der Waals surface area contributed by atoms with Crippen LogP contribution in [-0.2, 0) is 38.1 Å². The van der Waals surface area contributed by atoms with E-state index in [2.05, 4.69) is 50.5 Å². The molecular weight excluding hydrogens is 489 g/mol. The molecule has 0 aromatic rings. The Morgan fingerprint density at radius 2 is 1.18 bits per heavy atom. The van der Waals surface area contributed by atoms with Crippen LogP contribution >= 0.6 is 72.1 Å². The molecule has 0 radical (unpaired) electrons. The van der Waals surface area contributed by atoms with Gasteiger partial charge in [0, 0.05) is 11.5 Å². The van der Waals surface area contributed by atoms with Gasteiger partial charge in [0.2, 0.25) is 0 Å². The van der Waals surface area contributed by atoms with E-state index in [0.29, 0.717) is 0 Å². The fraction of sp³-hybridized carbons (Fsp3) is 0.714. The predicted molar refractivity (Wildman–Crippen MR) is 122 cm³/mol. The standard InChI is InChI=1S/C14H22O8S6/c15-11(4-24)19-1-9(3-23)21-14(18)8-28-27-7-10(22-13(17)6-26)2-20-12(16)5-25/h9-10,23-26H,1-8H2. The number of hydrogen-bond donors (Lipinski definition) is 4. The summed E-state index contributed by atoms with van der Waals surface area (Å²) in [4.78, 5) is 45.4. The van der Waals surface area contributed by atoms with E-state index < -0.39 is 36.1 Å². The Morgan fingerprint density at radius 3 is 1.68 bits per heavy atom. The predicted octanol–water partition coefficient (Wildman–Crippen LogP) is 0.997. The first-order valence-corrected chi connectivity index (χ1v) is 12.8. The van der Waals surface area contributed by atoms with Crippen LogP contribution in [0.4, 0.5) is 0 Å². The highest BCUT2D eigenvalue weighted by Crippen LogP contribution is 2.23. The number of rotatable bonds is 15. The number of thiol groups is 4. The molecule has 2 unspecified atom stereocenters. The third-order valence-corrected chi connectivity index (χ3v) is 6.03. The highest BCUT2D eigenvalue weighted by molar-refractivity contribution is 8.76. The summed E-state index contributed by atoms with van der Waals surface area (Å²) < 4.78 is 20.0. The monoisotopic (exact) mass is 510 g/mol. The number of ether oxygens (including phenoxy) is 4. The van der Waals surface area contributed by atoms with E-state index in [1.165, 1.54) is 21.6 Å². The lowest BCUT2D eigenvalue weighted by Crippen LogP contribution is -2.28.